The molecule has 3 aromatic carbocycles. The first-order valence-corrected chi connectivity index (χ1v) is 13.2. The molecule has 0 amide bonds. The number of aromatic nitrogens is 2. The number of fused-ring (bicyclic) bond motifs is 5. The van der Waals surface area contributed by atoms with Crippen molar-refractivity contribution in [1.82, 2.24) is 20.2 Å². The molecule has 36 heavy (non-hydrogen) atoms. The zero-order valence-corrected chi connectivity index (χ0v) is 20.8. The van der Waals surface area contributed by atoms with Crippen LogP contribution in [-0.4, -0.2) is 59.7 Å². The molecule has 0 radical (unpaired) electrons. The number of benzene rings is 3. The summed E-state index contributed by atoms with van der Waals surface area (Å²) in [5.74, 6) is 1.51. The molecule has 4 fully saturated rings. The van der Waals surface area contributed by atoms with Crippen molar-refractivity contribution < 1.29 is 4.39 Å². The van der Waals surface area contributed by atoms with E-state index in [-0.39, 0.29) is 16.8 Å². The van der Waals surface area contributed by atoms with Crippen molar-refractivity contribution in [3.05, 3.63) is 66.2 Å². The predicted molar refractivity (Wildman–Crippen MR) is 142 cm³/mol. The molecule has 6 heteroatoms. The first kappa shape index (κ1) is 21.0. The number of nitrogens with zero attached hydrogens (tertiary/aromatic N) is 4. The lowest BCUT2D eigenvalue weighted by Crippen LogP contribution is -2.51. The molecule has 4 aromatic rings. The molecule has 2 unspecified atom stereocenters. The van der Waals surface area contributed by atoms with E-state index in [1.807, 2.05) is 30.3 Å². The molecule has 8 rings (SSSR count). The van der Waals surface area contributed by atoms with Gasteiger partial charge in [0.25, 0.3) is 0 Å². The van der Waals surface area contributed by atoms with Gasteiger partial charge in [-0.1, -0.05) is 48.5 Å². The Hall–Kier alpha value is -3.09. The molecular formula is C30H30FN5. The Labute approximate surface area is 210 Å². The monoisotopic (exact) mass is 479 g/mol. The van der Waals surface area contributed by atoms with Crippen LogP contribution >= 0.6 is 0 Å². The quantitative estimate of drug-likeness (QED) is 0.452. The molecule has 0 spiro atoms. The number of nitrogens with one attached hydrogen (secondary N) is 1. The average molecular weight is 480 g/mol. The molecule has 1 aromatic heterocycles. The largest absolute Gasteiger partial charge is 0.353 e. The smallest absolute Gasteiger partial charge is 0.157 e. The normalized spacial score (nSPS) is 30.3. The maximum Gasteiger partial charge on any atom is 0.157 e. The van der Waals surface area contributed by atoms with Crippen LogP contribution in [0.5, 0.6) is 0 Å². The highest BCUT2D eigenvalue weighted by Gasteiger charge is 2.86. The fourth-order valence-electron chi connectivity index (χ4n) is 7.21. The van der Waals surface area contributed by atoms with E-state index in [2.05, 4.69) is 53.5 Å². The number of halogens is 1. The van der Waals surface area contributed by atoms with Crippen molar-refractivity contribution >= 4 is 27.5 Å². The highest BCUT2D eigenvalue weighted by atomic mass is 19.1. The van der Waals surface area contributed by atoms with Gasteiger partial charge in [-0.3, -0.25) is 0 Å². The number of anilines is 1. The summed E-state index contributed by atoms with van der Waals surface area (Å²) in [6, 6.07) is 19.2. The first-order valence-electron chi connectivity index (χ1n) is 13.2. The van der Waals surface area contributed by atoms with Crippen LogP contribution in [0.4, 0.5) is 10.2 Å². The number of hydrogen-bond acceptors (Lipinski definition) is 5. The summed E-state index contributed by atoms with van der Waals surface area (Å²) in [5.41, 5.74) is 2.12. The summed E-state index contributed by atoms with van der Waals surface area (Å²) in [5, 5.41) is 6.71. The average Bonchev–Trinajstić information content (AvgIpc) is 3.71. The summed E-state index contributed by atoms with van der Waals surface area (Å²) in [6.45, 7) is 1.83. The molecule has 2 aliphatic carbocycles. The van der Waals surface area contributed by atoms with Crippen molar-refractivity contribution in [3.63, 3.8) is 0 Å². The second-order valence-electron chi connectivity index (χ2n) is 11.6. The van der Waals surface area contributed by atoms with Crippen LogP contribution < -0.4 is 10.2 Å². The van der Waals surface area contributed by atoms with Crippen molar-refractivity contribution in [2.75, 3.05) is 32.1 Å². The number of hydrogen-bond donors (Lipinski definition) is 1. The van der Waals surface area contributed by atoms with Gasteiger partial charge in [-0.15, -0.1) is 0 Å². The van der Waals surface area contributed by atoms with E-state index in [0.29, 0.717) is 23.2 Å². The van der Waals surface area contributed by atoms with Gasteiger partial charge in [0.1, 0.15) is 17.2 Å². The molecule has 1 N–H and O–H groups in total. The van der Waals surface area contributed by atoms with E-state index in [0.717, 1.165) is 59.3 Å². The van der Waals surface area contributed by atoms with Gasteiger partial charge in [-0.25, -0.2) is 14.4 Å². The van der Waals surface area contributed by atoms with Gasteiger partial charge in [0.2, 0.25) is 0 Å². The van der Waals surface area contributed by atoms with Gasteiger partial charge in [0, 0.05) is 41.7 Å². The summed E-state index contributed by atoms with van der Waals surface area (Å²) in [6.07, 6.45) is 4.53. The second kappa shape index (κ2) is 7.02. The molecule has 2 aliphatic heterocycles. The Morgan fingerprint density at radius 2 is 1.64 bits per heavy atom. The third-order valence-corrected chi connectivity index (χ3v) is 9.50. The van der Waals surface area contributed by atoms with E-state index in [1.54, 1.807) is 0 Å². The predicted octanol–water partition coefficient (Wildman–Crippen LogP) is 4.88. The van der Waals surface area contributed by atoms with Gasteiger partial charge in [-0.05, 0) is 62.2 Å². The highest BCUT2D eigenvalue weighted by molar-refractivity contribution is 6.00. The fraction of sp³-hybridized carbons (Fsp3) is 0.400. The van der Waals surface area contributed by atoms with Crippen LogP contribution in [0.3, 0.4) is 0 Å². The summed E-state index contributed by atoms with van der Waals surface area (Å²) < 4.78 is 16.5. The van der Waals surface area contributed by atoms with Crippen LogP contribution in [0.15, 0.2) is 54.6 Å². The molecule has 182 valence electrons. The molecule has 3 heterocycles. The van der Waals surface area contributed by atoms with E-state index in [9.17, 15) is 0 Å². The third kappa shape index (κ3) is 2.72. The Morgan fingerprint density at radius 3 is 2.39 bits per heavy atom. The van der Waals surface area contributed by atoms with Crippen LogP contribution in [0.1, 0.15) is 31.5 Å². The van der Waals surface area contributed by atoms with E-state index in [4.69, 9.17) is 9.97 Å². The SMILES string of the molecule is CN(C)C12CC1(c1nc(N3CC4CCC(C3)N4)c3ccc(-c4cccc5ccccc45)c(F)c3n1)C2. The van der Waals surface area contributed by atoms with Crippen molar-refractivity contribution in [3.8, 4) is 11.1 Å². The first-order chi connectivity index (χ1) is 17.5. The second-order valence-corrected chi connectivity index (χ2v) is 11.6. The van der Waals surface area contributed by atoms with Crippen molar-refractivity contribution in [2.24, 2.45) is 0 Å². The minimum absolute atomic E-state index is 0.0195. The number of piperazine rings is 1. The lowest BCUT2D eigenvalue weighted by molar-refractivity contribution is 0.333. The maximum absolute atomic E-state index is 16.5. The van der Waals surface area contributed by atoms with E-state index < -0.39 is 0 Å². The summed E-state index contributed by atoms with van der Waals surface area (Å²) in [4.78, 5) is 14.9. The fourth-order valence-corrected chi connectivity index (χ4v) is 7.21. The molecule has 2 saturated carbocycles. The minimum Gasteiger partial charge on any atom is -0.353 e. The molecule has 4 aliphatic rings. The molecule has 5 nitrogen and oxygen atoms in total. The third-order valence-electron chi connectivity index (χ3n) is 9.50. The van der Waals surface area contributed by atoms with Crippen LogP contribution in [0.2, 0.25) is 0 Å². The zero-order chi connectivity index (χ0) is 24.2. The molecule has 2 bridgehead atoms. The van der Waals surface area contributed by atoms with Crippen LogP contribution in [0, 0.1) is 5.82 Å². The maximum atomic E-state index is 16.5. The Morgan fingerprint density at radius 1 is 0.889 bits per heavy atom. The zero-order valence-electron chi connectivity index (χ0n) is 20.8. The van der Waals surface area contributed by atoms with E-state index >= 15 is 4.39 Å². The number of likely N-dealkylation sites (N-methyl/N-ethyl adjacent to an activating group) is 1. The standard InChI is InChI=1S/C30H30FN5/c1-35(2)30-16-29(30,17-30)28-33-26-24(27(34-28)36-14-19-10-11-20(15-36)32-19)13-12-23(25(26)31)22-9-5-7-18-6-3-4-8-21(18)22/h3-9,12-13,19-20,32H,10-11,14-17H2,1-2H3. The Kier molecular flexibility index (Phi) is 4.10. The molecule has 2 atom stereocenters. The van der Waals surface area contributed by atoms with Crippen LogP contribution in [0.25, 0.3) is 32.8 Å². The van der Waals surface area contributed by atoms with Gasteiger partial charge in [-0.2, -0.15) is 0 Å². The number of rotatable bonds is 4. The highest BCUT2D eigenvalue weighted by Crippen LogP contribution is 2.80. The van der Waals surface area contributed by atoms with Gasteiger partial charge in [0.15, 0.2) is 5.82 Å². The van der Waals surface area contributed by atoms with E-state index in [1.165, 1.54) is 12.8 Å². The van der Waals surface area contributed by atoms with Gasteiger partial charge >= 0.3 is 0 Å². The summed E-state index contributed by atoms with van der Waals surface area (Å²) >= 11 is 0. The van der Waals surface area contributed by atoms with Crippen molar-refractivity contribution in [2.45, 2.75) is 48.7 Å². The summed E-state index contributed by atoms with van der Waals surface area (Å²) in [7, 11) is 4.29. The Balaban J connectivity index is 1.33. The van der Waals surface area contributed by atoms with Gasteiger partial charge < -0.3 is 15.1 Å². The Bertz CT molecular complexity index is 1540. The lowest BCUT2D eigenvalue weighted by Gasteiger charge is -2.34. The molecule has 2 saturated heterocycles. The van der Waals surface area contributed by atoms with Crippen LogP contribution in [-0.2, 0) is 5.41 Å². The topological polar surface area (TPSA) is 44.3 Å². The van der Waals surface area contributed by atoms with Gasteiger partial charge in [0.05, 0.1) is 5.41 Å². The van der Waals surface area contributed by atoms with Crippen molar-refractivity contribution in [1.29, 1.82) is 0 Å². The lowest BCUT2D eigenvalue weighted by atomic mass is 9.96. The minimum atomic E-state index is -0.236. The molecular weight excluding hydrogens is 449 g/mol.